The van der Waals surface area contributed by atoms with Crippen LogP contribution < -0.4 is 15.2 Å². The molecule has 114 valence electrons. The molecule has 1 aromatic rings. The van der Waals surface area contributed by atoms with Gasteiger partial charge in [-0.2, -0.15) is 0 Å². The lowest BCUT2D eigenvalue weighted by molar-refractivity contribution is 0.143. The van der Waals surface area contributed by atoms with E-state index < -0.39 is 0 Å². The maximum Gasteiger partial charge on any atom is 0.123 e. The first kappa shape index (κ1) is 17.1. The number of hydrogen-bond acceptors (Lipinski definition) is 4. The second-order valence-electron chi connectivity index (χ2n) is 5.03. The van der Waals surface area contributed by atoms with E-state index in [4.69, 9.17) is 15.2 Å². The summed E-state index contributed by atoms with van der Waals surface area (Å²) in [6.07, 6.45) is 3.74. The van der Waals surface area contributed by atoms with Gasteiger partial charge in [-0.1, -0.05) is 6.42 Å². The number of nitrogens with zero attached hydrogens (tertiary/aromatic N) is 1. The fraction of sp³-hybridized carbons (Fsp3) is 0.600. The number of hydrogen-bond donors (Lipinski definition) is 1. The van der Waals surface area contributed by atoms with Crippen molar-refractivity contribution in [1.82, 2.24) is 4.90 Å². The van der Waals surface area contributed by atoms with Crippen LogP contribution in [0.15, 0.2) is 18.2 Å². The van der Waals surface area contributed by atoms with Crippen LogP contribution in [-0.2, 0) is 6.54 Å². The second-order valence-corrected chi connectivity index (χ2v) is 5.03. The number of halogens is 1. The molecule has 0 aliphatic carbocycles. The molecule has 1 aromatic carbocycles. The van der Waals surface area contributed by atoms with Gasteiger partial charge in [0.1, 0.15) is 11.5 Å². The molecule has 0 amide bonds. The number of methoxy groups -OCH3 is 2. The molecule has 1 aliphatic rings. The van der Waals surface area contributed by atoms with E-state index in [2.05, 4.69) is 11.0 Å². The van der Waals surface area contributed by atoms with Crippen molar-refractivity contribution in [2.24, 2.45) is 5.73 Å². The summed E-state index contributed by atoms with van der Waals surface area (Å²) in [5, 5.41) is 0. The Hall–Kier alpha value is -0.970. The van der Waals surface area contributed by atoms with Gasteiger partial charge in [0.25, 0.3) is 0 Å². The van der Waals surface area contributed by atoms with Gasteiger partial charge in [-0.15, -0.1) is 12.4 Å². The van der Waals surface area contributed by atoms with Crippen molar-refractivity contribution in [3.8, 4) is 11.5 Å². The van der Waals surface area contributed by atoms with Crippen molar-refractivity contribution in [1.29, 1.82) is 0 Å². The quantitative estimate of drug-likeness (QED) is 0.907. The molecule has 1 unspecified atom stereocenters. The predicted octanol–water partition coefficient (Wildman–Crippen LogP) is 2.44. The summed E-state index contributed by atoms with van der Waals surface area (Å²) in [4.78, 5) is 2.46. The monoisotopic (exact) mass is 300 g/mol. The van der Waals surface area contributed by atoms with Gasteiger partial charge in [-0.3, -0.25) is 4.90 Å². The zero-order valence-corrected chi connectivity index (χ0v) is 13.1. The minimum atomic E-state index is 0. The van der Waals surface area contributed by atoms with Crippen LogP contribution in [0.5, 0.6) is 11.5 Å². The van der Waals surface area contributed by atoms with Gasteiger partial charge in [-0.25, -0.2) is 0 Å². The minimum Gasteiger partial charge on any atom is -0.497 e. The van der Waals surface area contributed by atoms with Crippen LogP contribution in [0.2, 0.25) is 0 Å². The van der Waals surface area contributed by atoms with Crippen LogP contribution in [0.3, 0.4) is 0 Å². The van der Waals surface area contributed by atoms with E-state index in [0.29, 0.717) is 6.04 Å². The van der Waals surface area contributed by atoms with Gasteiger partial charge in [-0.05, 0) is 37.6 Å². The third kappa shape index (κ3) is 4.01. The lowest BCUT2D eigenvalue weighted by Crippen LogP contribution is -2.43. The molecular formula is C15H25ClN2O2. The standard InChI is InChI=1S/C15H24N2O2.ClH/c1-18-14-6-7-15(19-2)12(9-14)11-17-8-4-3-5-13(17)10-16;/h6-7,9,13H,3-5,8,10-11,16H2,1-2H3;1H. The zero-order valence-electron chi connectivity index (χ0n) is 12.3. The van der Waals surface area contributed by atoms with Gasteiger partial charge in [0, 0.05) is 24.7 Å². The molecule has 2 rings (SSSR count). The fourth-order valence-corrected chi connectivity index (χ4v) is 2.76. The molecule has 5 heteroatoms. The van der Waals surface area contributed by atoms with Crippen molar-refractivity contribution in [3.05, 3.63) is 23.8 Å². The molecule has 1 fully saturated rings. The summed E-state index contributed by atoms with van der Waals surface area (Å²) in [7, 11) is 3.40. The third-order valence-electron chi connectivity index (χ3n) is 3.88. The normalized spacial score (nSPS) is 19.2. The van der Waals surface area contributed by atoms with Crippen LogP contribution >= 0.6 is 12.4 Å². The van der Waals surface area contributed by atoms with E-state index in [1.165, 1.54) is 24.8 Å². The zero-order chi connectivity index (χ0) is 13.7. The summed E-state index contributed by atoms with van der Waals surface area (Å²) >= 11 is 0. The number of rotatable bonds is 5. The van der Waals surface area contributed by atoms with E-state index in [1.54, 1.807) is 14.2 Å². The molecule has 0 bridgehead atoms. The summed E-state index contributed by atoms with van der Waals surface area (Å²) in [6.45, 7) is 2.72. The topological polar surface area (TPSA) is 47.7 Å². The molecule has 0 saturated carbocycles. The number of piperidine rings is 1. The number of ether oxygens (including phenoxy) is 2. The fourth-order valence-electron chi connectivity index (χ4n) is 2.76. The van der Waals surface area contributed by atoms with Gasteiger partial charge in [0.15, 0.2) is 0 Å². The van der Waals surface area contributed by atoms with Crippen LogP contribution in [0.4, 0.5) is 0 Å². The first-order valence-electron chi connectivity index (χ1n) is 6.93. The average molecular weight is 301 g/mol. The van der Waals surface area contributed by atoms with Crippen molar-refractivity contribution in [3.63, 3.8) is 0 Å². The summed E-state index contributed by atoms with van der Waals surface area (Å²) in [5.41, 5.74) is 7.05. The summed E-state index contributed by atoms with van der Waals surface area (Å²) in [6, 6.07) is 6.44. The van der Waals surface area contributed by atoms with Crippen molar-refractivity contribution >= 4 is 12.4 Å². The largest absolute Gasteiger partial charge is 0.497 e. The highest BCUT2D eigenvalue weighted by Crippen LogP contribution is 2.27. The lowest BCUT2D eigenvalue weighted by Gasteiger charge is -2.35. The van der Waals surface area contributed by atoms with Crippen LogP contribution in [0, 0.1) is 0 Å². The van der Waals surface area contributed by atoms with E-state index in [0.717, 1.165) is 31.1 Å². The van der Waals surface area contributed by atoms with Gasteiger partial charge < -0.3 is 15.2 Å². The summed E-state index contributed by atoms with van der Waals surface area (Å²) in [5.74, 6) is 1.79. The maximum absolute atomic E-state index is 5.88. The molecular weight excluding hydrogens is 276 g/mol. The number of likely N-dealkylation sites (tertiary alicyclic amines) is 1. The molecule has 1 aliphatic heterocycles. The predicted molar refractivity (Wildman–Crippen MR) is 83.9 cm³/mol. The Labute approximate surface area is 127 Å². The van der Waals surface area contributed by atoms with E-state index >= 15 is 0 Å². The maximum atomic E-state index is 5.88. The molecule has 1 atom stereocenters. The van der Waals surface area contributed by atoms with Gasteiger partial charge in [0.2, 0.25) is 0 Å². The molecule has 20 heavy (non-hydrogen) atoms. The van der Waals surface area contributed by atoms with Crippen molar-refractivity contribution in [2.75, 3.05) is 27.3 Å². The first-order chi connectivity index (χ1) is 9.28. The molecule has 1 saturated heterocycles. The molecule has 0 spiro atoms. The highest BCUT2D eigenvalue weighted by molar-refractivity contribution is 5.85. The van der Waals surface area contributed by atoms with E-state index in [9.17, 15) is 0 Å². The van der Waals surface area contributed by atoms with Crippen molar-refractivity contribution < 1.29 is 9.47 Å². The Kier molecular flexibility index (Phi) is 7.13. The molecule has 2 N–H and O–H groups in total. The van der Waals surface area contributed by atoms with Crippen LogP contribution in [0.25, 0.3) is 0 Å². The summed E-state index contributed by atoms with van der Waals surface area (Å²) < 4.78 is 10.7. The highest BCUT2D eigenvalue weighted by Gasteiger charge is 2.22. The smallest absolute Gasteiger partial charge is 0.123 e. The van der Waals surface area contributed by atoms with Gasteiger partial charge in [0.05, 0.1) is 14.2 Å². The average Bonchev–Trinajstić information content (AvgIpc) is 2.47. The Morgan fingerprint density at radius 2 is 2.05 bits per heavy atom. The highest BCUT2D eigenvalue weighted by atomic mass is 35.5. The Bertz CT molecular complexity index is 415. The van der Waals surface area contributed by atoms with E-state index in [1.807, 2.05) is 12.1 Å². The van der Waals surface area contributed by atoms with Crippen LogP contribution in [0.1, 0.15) is 24.8 Å². The van der Waals surface area contributed by atoms with Gasteiger partial charge >= 0.3 is 0 Å². The Morgan fingerprint density at radius 3 is 2.70 bits per heavy atom. The molecule has 0 radical (unpaired) electrons. The number of benzene rings is 1. The molecule has 0 aromatic heterocycles. The second kappa shape index (κ2) is 8.35. The molecule has 4 nitrogen and oxygen atoms in total. The SMILES string of the molecule is COc1ccc(OC)c(CN2CCCCC2CN)c1.Cl. The van der Waals surface area contributed by atoms with Crippen LogP contribution in [-0.4, -0.2) is 38.3 Å². The Morgan fingerprint density at radius 1 is 1.25 bits per heavy atom. The van der Waals surface area contributed by atoms with Crippen molar-refractivity contribution in [2.45, 2.75) is 31.8 Å². The Balaban J connectivity index is 0.00000200. The molecule has 1 heterocycles. The third-order valence-corrected chi connectivity index (χ3v) is 3.88. The first-order valence-corrected chi connectivity index (χ1v) is 6.93. The van der Waals surface area contributed by atoms with E-state index in [-0.39, 0.29) is 12.4 Å². The minimum absolute atomic E-state index is 0. The number of nitrogens with two attached hydrogens (primary N) is 1. The lowest BCUT2D eigenvalue weighted by atomic mass is 10.0.